The molecule has 1 aromatic carbocycles. The van der Waals surface area contributed by atoms with Gasteiger partial charge in [-0.25, -0.2) is 14.6 Å². The summed E-state index contributed by atoms with van der Waals surface area (Å²) < 4.78 is 32.8. The van der Waals surface area contributed by atoms with Gasteiger partial charge >= 0.3 is 13.5 Å². The van der Waals surface area contributed by atoms with Crippen LogP contribution in [0.5, 0.6) is 5.75 Å². The zero-order valence-electron chi connectivity index (χ0n) is 23.1. The molecular formula is C27H35N6O7P. The predicted molar refractivity (Wildman–Crippen MR) is 149 cm³/mol. The van der Waals surface area contributed by atoms with Gasteiger partial charge in [0.05, 0.1) is 18.0 Å². The van der Waals surface area contributed by atoms with Gasteiger partial charge in [0.25, 0.3) is 0 Å². The van der Waals surface area contributed by atoms with E-state index in [0.29, 0.717) is 24.1 Å². The van der Waals surface area contributed by atoms with Crippen LogP contribution in [0.3, 0.4) is 0 Å². The van der Waals surface area contributed by atoms with Gasteiger partial charge in [0, 0.05) is 0 Å². The number of nitriles is 1. The normalized spacial score (nSPS) is 24.6. The summed E-state index contributed by atoms with van der Waals surface area (Å²) in [5.41, 5.74) is 4.46. The van der Waals surface area contributed by atoms with Crippen LogP contribution in [-0.4, -0.2) is 67.4 Å². The first-order chi connectivity index (χ1) is 19.6. The van der Waals surface area contributed by atoms with E-state index in [0.717, 1.165) is 0 Å². The van der Waals surface area contributed by atoms with Gasteiger partial charge in [0.1, 0.15) is 48.0 Å². The van der Waals surface area contributed by atoms with Crippen molar-refractivity contribution in [3.63, 3.8) is 0 Å². The standard InChI is InChI=1S/C27H35N6O7P/c1-4-18(5-2)38-26(36)17(3)32-41(37,40-19-9-7-6-8-10-19)14-13-21-23(34)24(35)27(15-28,39-21)22-12-11-20-25(29)30-16-31-33(20)22/h6-12,16-18,21,23-24,34-35H,4-5,13-14H2,1-3H3,(H,32,37)(H2,29,30,31)/t17-,21+,23+,24+,27-,41+/m0/s1. The van der Waals surface area contributed by atoms with E-state index in [2.05, 4.69) is 15.2 Å². The molecule has 3 aromatic rings. The lowest BCUT2D eigenvalue weighted by Crippen LogP contribution is -2.40. The fourth-order valence-electron chi connectivity index (χ4n) is 4.80. The van der Waals surface area contributed by atoms with Gasteiger partial charge in [-0.1, -0.05) is 32.0 Å². The van der Waals surface area contributed by atoms with Gasteiger partial charge in [-0.15, -0.1) is 0 Å². The molecule has 1 saturated heterocycles. The lowest BCUT2D eigenvalue weighted by molar-refractivity contribution is -0.151. The molecule has 0 bridgehead atoms. The van der Waals surface area contributed by atoms with E-state index in [1.807, 2.05) is 19.9 Å². The second-order valence-electron chi connectivity index (χ2n) is 9.92. The van der Waals surface area contributed by atoms with Crippen LogP contribution in [0, 0.1) is 11.3 Å². The van der Waals surface area contributed by atoms with E-state index >= 15 is 0 Å². The molecule has 13 nitrogen and oxygen atoms in total. The maximum absolute atomic E-state index is 14.1. The Morgan fingerprint density at radius 2 is 1.98 bits per heavy atom. The third-order valence-corrected chi connectivity index (χ3v) is 9.26. The minimum absolute atomic E-state index is 0.0898. The number of nitrogens with zero attached hydrogens (tertiary/aromatic N) is 4. The number of ether oxygens (including phenoxy) is 2. The number of aromatic nitrogens is 3. The van der Waals surface area contributed by atoms with Crippen molar-refractivity contribution >= 4 is 24.8 Å². The molecule has 1 fully saturated rings. The molecule has 0 aliphatic carbocycles. The Balaban J connectivity index is 1.56. The summed E-state index contributed by atoms with van der Waals surface area (Å²) >= 11 is 0. The average Bonchev–Trinajstić information content (AvgIpc) is 3.51. The molecular weight excluding hydrogens is 551 g/mol. The first-order valence-corrected chi connectivity index (χ1v) is 15.2. The number of anilines is 1. The van der Waals surface area contributed by atoms with E-state index in [1.165, 1.54) is 23.8 Å². The molecule has 0 amide bonds. The van der Waals surface area contributed by atoms with Crippen molar-refractivity contribution in [2.45, 2.75) is 76.1 Å². The lowest BCUT2D eigenvalue weighted by atomic mass is 9.92. The topological polar surface area (TPSA) is 194 Å². The largest absolute Gasteiger partial charge is 0.461 e. The fraction of sp³-hybridized carbons (Fsp3) is 0.481. The van der Waals surface area contributed by atoms with Crippen molar-refractivity contribution in [3.05, 3.63) is 54.5 Å². The molecule has 14 heteroatoms. The highest BCUT2D eigenvalue weighted by Crippen LogP contribution is 2.47. The molecule has 1 aliphatic rings. The van der Waals surface area contributed by atoms with Crippen LogP contribution >= 0.6 is 7.52 Å². The summed E-state index contributed by atoms with van der Waals surface area (Å²) in [7, 11) is -3.82. The highest BCUT2D eigenvalue weighted by atomic mass is 31.2. The van der Waals surface area contributed by atoms with Crippen LogP contribution in [0.25, 0.3) is 5.52 Å². The van der Waals surface area contributed by atoms with Crippen molar-refractivity contribution in [1.29, 1.82) is 5.26 Å². The zero-order valence-corrected chi connectivity index (χ0v) is 24.0. The highest BCUT2D eigenvalue weighted by molar-refractivity contribution is 7.57. The third kappa shape index (κ3) is 6.22. The van der Waals surface area contributed by atoms with E-state index in [1.54, 1.807) is 36.4 Å². The lowest BCUT2D eigenvalue weighted by Gasteiger charge is -2.26. The third-order valence-electron chi connectivity index (χ3n) is 7.13. The SMILES string of the molecule is CCC(CC)OC(=O)[C@H](C)N[P@@](=O)(CC[C@H]1O[C@@](C#N)(c2ccc3c(N)ncnn23)[C@H](O)[C@@H]1O)Oc1ccccc1. The molecule has 5 N–H and O–H groups in total. The number of hydrogen-bond donors (Lipinski definition) is 4. The second-order valence-corrected chi connectivity index (χ2v) is 12.2. The minimum Gasteiger partial charge on any atom is -0.461 e. The van der Waals surface area contributed by atoms with Crippen molar-refractivity contribution in [2.75, 3.05) is 11.9 Å². The quantitative estimate of drug-likeness (QED) is 0.179. The molecule has 0 saturated carbocycles. The molecule has 0 unspecified atom stereocenters. The van der Waals surface area contributed by atoms with E-state index in [-0.39, 0.29) is 30.2 Å². The van der Waals surface area contributed by atoms with Crippen molar-refractivity contribution in [2.24, 2.45) is 0 Å². The number of aliphatic hydroxyl groups is 2. The number of carbonyl (C=O) groups excluding carboxylic acids is 1. The molecule has 6 atom stereocenters. The summed E-state index contributed by atoms with van der Waals surface area (Å²) in [5, 5.41) is 39.1. The number of nitrogen functional groups attached to an aromatic ring is 1. The number of esters is 1. The Morgan fingerprint density at radius 3 is 2.63 bits per heavy atom. The smallest absolute Gasteiger partial charge is 0.323 e. The summed E-state index contributed by atoms with van der Waals surface area (Å²) in [5.74, 6) is -0.112. The fourth-order valence-corrected chi connectivity index (χ4v) is 6.83. The van der Waals surface area contributed by atoms with Gasteiger partial charge in [-0.05, 0) is 50.5 Å². The molecule has 4 rings (SSSR count). The van der Waals surface area contributed by atoms with Crippen LogP contribution in [0.1, 0.15) is 45.7 Å². The maximum Gasteiger partial charge on any atom is 0.323 e. The average molecular weight is 587 g/mol. The maximum atomic E-state index is 14.1. The van der Waals surface area contributed by atoms with E-state index in [4.69, 9.17) is 19.7 Å². The Labute approximate surface area is 237 Å². The van der Waals surface area contributed by atoms with Crippen LogP contribution in [0.2, 0.25) is 0 Å². The van der Waals surface area contributed by atoms with Gasteiger partial charge in [0.2, 0.25) is 5.60 Å². The molecule has 0 spiro atoms. The summed E-state index contributed by atoms with van der Waals surface area (Å²) in [6.07, 6.45) is -2.37. The van der Waals surface area contributed by atoms with Crippen molar-refractivity contribution < 1.29 is 33.6 Å². The number of aliphatic hydroxyl groups excluding tert-OH is 2. The number of hydrogen-bond acceptors (Lipinski definition) is 11. The zero-order chi connectivity index (χ0) is 29.8. The predicted octanol–water partition coefficient (Wildman–Crippen LogP) is 2.52. The van der Waals surface area contributed by atoms with Gasteiger partial charge in [-0.3, -0.25) is 9.36 Å². The summed E-state index contributed by atoms with van der Waals surface area (Å²) in [4.78, 5) is 16.6. The number of fused-ring (bicyclic) bond motifs is 1. The van der Waals surface area contributed by atoms with Gasteiger partial charge in [0.15, 0.2) is 5.82 Å². The van der Waals surface area contributed by atoms with Crippen LogP contribution in [0.15, 0.2) is 48.8 Å². The van der Waals surface area contributed by atoms with Crippen molar-refractivity contribution in [1.82, 2.24) is 19.7 Å². The van der Waals surface area contributed by atoms with Crippen LogP contribution in [0.4, 0.5) is 5.82 Å². The molecule has 3 heterocycles. The van der Waals surface area contributed by atoms with Gasteiger partial charge in [-0.2, -0.15) is 10.4 Å². The van der Waals surface area contributed by atoms with Crippen molar-refractivity contribution in [3.8, 4) is 11.8 Å². The molecule has 41 heavy (non-hydrogen) atoms. The number of carbonyl (C=O) groups is 1. The van der Waals surface area contributed by atoms with Gasteiger partial charge < -0.3 is 29.9 Å². The molecule has 0 radical (unpaired) electrons. The molecule has 2 aromatic heterocycles. The molecule has 1 aliphatic heterocycles. The number of nitrogens with two attached hydrogens (primary N) is 1. The Kier molecular flexibility index (Phi) is 9.31. The number of nitrogens with one attached hydrogen (secondary N) is 1. The monoisotopic (exact) mass is 586 g/mol. The Morgan fingerprint density at radius 1 is 1.27 bits per heavy atom. The van der Waals surface area contributed by atoms with Crippen LogP contribution in [-0.2, 0) is 24.4 Å². The van der Waals surface area contributed by atoms with E-state index in [9.17, 15) is 24.8 Å². The first-order valence-electron chi connectivity index (χ1n) is 13.4. The van der Waals surface area contributed by atoms with Crippen LogP contribution < -0.4 is 15.3 Å². The highest BCUT2D eigenvalue weighted by Gasteiger charge is 2.57. The number of para-hydroxylation sites is 1. The summed E-state index contributed by atoms with van der Waals surface area (Å²) in [6.45, 7) is 5.34. The number of rotatable bonds is 12. The number of benzene rings is 1. The second kappa shape index (κ2) is 12.5. The molecule has 220 valence electrons. The van der Waals surface area contributed by atoms with E-state index < -0.39 is 43.4 Å². The Bertz CT molecular complexity index is 1440. The first kappa shape index (κ1) is 30.4. The summed E-state index contributed by atoms with van der Waals surface area (Å²) in [6, 6.07) is 12.5. The minimum atomic E-state index is -3.82. The Hall–Kier alpha value is -3.53.